The molecular weight excluding hydrogens is 250 g/mol. The second kappa shape index (κ2) is 6.84. The largest absolute Gasteiger partial charge is 0.486 e. The van der Waals surface area contributed by atoms with Crippen molar-refractivity contribution < 1.29 is 24.1 Å². The molecule has 0 aromatic heterocycles. The molecule has 1 heterocycles. The van der Waals surface area contributed by atoms with E-state index >= 15 is 0 Å². The first-order valence-electron chi connectivity index (χ1n) is 6.19. The van der Waals surface area contributed by atoms with E-state index in [2.05, 4.69) is 10.1 Å². The average Bonchev–Trinajstić information content (AvgIpc) is 2.45. The van der Waals surface area contributed by atoms with Gasteiger partial charge in [0.2, 0.25) is 0 Å². The summed E-state index contributed by atoms with van der Waals surface area (Å²) in [7, 11) is 0. The van der Waals surface area contributed by atoms with Crippen LogP contribution in [0.1, 0.15) is 5.56 Å². The van der Waals surface area contributed by atoms with Gasteiger partial charge >= 0.3 is 6.09 Å². The van der Waals surface area contributed by atoms with Gasteiger partial charge in [0.05, 0.1) is 6.61 Å². The number of carbonyl (C=O) groups is 1. The van der Waals surface area contributed by atoms with Crippen LogP contribution in [0.25, 0.3) is 0 Å². The molecule has 104 valence electrons. The first kappa shape index (κ1) is 13.5. The molecule has 0 atom stereocenters. The molecule has 0 bridgehead atoms. The molecule has 6 nitrogen and oxygen atoms in total. The molecule has 0 unspecified atom stereocenters. The monoisotopic (exact) mass is 267 g/mol. The number of rotatable bonds is 5. The highest BCUT2D eigenvalue weighted by molar-refractivity contribution is 5.67. The molecule has 1 aromatic rings. The van der Waals surface area contributed by atoms with Gasteiger partial charge in [0.15, 0.2) is 11.5 Å². The predicted octanol–water partition coefficient (Wildman–Crippen LogP) is 0.719. The summed E-state index contributed by atoms with van der Waals surface area (Å²) in [6.45, 7) is 1.43. The van der Waals surface area contributed by atoms with E-state index in [0.717, 1.165) is 17.1 Å². The van der Waals surface area contributed by atoms with Crippen molar-refractivity contribution in [2.75, 3.05) is 33.0 Å². The lowest BCUT2D eigenvalue weighted by atomic mass is 10.1. The molecule has 2 N–H and O–H groups in total. The minimum atomic E-state index is -0.522. The van der Waals surface area contributed by atoms with Crippen molar-refractivity contribution in [1.82, 2.24) is 5.32 Å². The van der Waals surface area contributed by atoms with Crippen LogP contribution in [0.2, 0.25) is 0 Å². The lowest BCUT2D eigenvalue weighted by molar-refractivity contribution is 0.119. The zero-order valence-electron chi connectivity index (χ0n) is 10.6. The Labute approximate surface area is 111 Å². The molecule has 19 heavy (non-hydrogen) atoms. The second-order valence-electron chi connectivity index (χ2n) is 4.01. The van der Waals surface area contributed by atoms with Gasteiger partial charge in [-0.1, -0.05) is 6.07 Å². The molecule has 0 radical (unpaired) electrons. The molecule has 0 spiro atoms. The van der Waals surface area contributed by atoms with Gasteiger partial charge in [-0.25, -0.2) is 4.79 Å². The van der Waals surface area contributed by atoms with Gasteiger partial charge in [-0.15, -0.1) is 0 Å². The van der Waals surface area contributed by atoms with Crippen molar-refractivity contribution >= 4 is 6.09 Å². The highest BCUT2D eigenvalue weighted by atomic mass is 16.6. The number of hydrogen-bond acceptors (Lipinski definition) is 5. The number of amides is 1. The maximum Gasteiger partial charge on any atom is 0.407 e. The summed E-state index contributed by atoms with van der Waals surface area (Å²) in [4.78, 5) is 11.1. The van der Waals surface area contributed by atoms with Crippen LogP contribution in [-0.2, 0) is 11.2 Å². The van der Waals surface area contributed by atoms with Crippen LogP contribution in [0.15, 0.2) is 18.2 Å². The Morgan fingerprint density at radius 2 is 2.11 bits per heavy atom. The smallest absolute Gasteiger partial charge is 0.407 e. The topological polar surface area (TPSA) is 77.0 Å². The Morgan fingerprint density at radius 1 is 1.32 bits per heavy atom. The normalized spacial score (nSPS) is 12.9. The second-order valence-corrected chi connectivity index (χ2v) is 4.01. The molecule has 0 aliphatic carbocycles. The summed E-state index contributed by atoms with van der Waals surface area (Å²) >= 11 is 0. The van der Waals surface area contributed by atoms with Crippen LogP contribution in [0, 0.1) is 0 Å². The van der Waals surface area contributed by atoms with Crippen molar-refractivity contribution in [1.29, 1.82) is 0 Å². The third-order valence-electron chi connectivity index (χ3n) is 2.61. The van der Waals surface area contributed by atoms with Gasteiger partial charge in [-0.3, -0.25) is 0 Å². The van der Waals surface area contributed by atoms with Crippen molar-refractivity contribution in [2.24, 2.45) is 0 Å². The van der Waals surface area contributed by atoms with E-state index in [1.54, 1.807) is 0 Å². The van der Waals surface area contributed by atoms with Gasteiger partial charge in [-0.2, -0.15) is 0 Å². The lowest BCUT2D eigenvalue weighted by Gasteiger charge is -2.18. The molecule has 1 aromatic carbocycles. The minimum Gasteiger partial charge on any atom is -0.486 e. The first-order chi connectivity index (χ1) is 9.29. The zero-order valence-corrected chi connectivity index (χ0v) is 10.6. The highest BCUT2D eigenvalue weighted by Gasteiger charge is 2.11. The van der Waals surface area contributed by atoms with Gasteiger partial charge in [0, 0.05) is 6.54 Å². The molecule has 1 amide bonds. The molecule has 6 heteroatoms. The quantitative estimate of drug-likeness (QED) is 0.822. The van der Waals surface area contributed by atoms with Crippen LogP contribution in [-0.4, -0.2) is 44.2 Å². The maximum atomic E-state index is 11.1. The van der Waals surface area contributed by atoms with E-state index in [1.807, 2.05) is 18.2 Å². The number of nitrogens with one attached hydrogen (secondary N) is 1. The lowest BCUT2D eigenvalue weighted by Crippen LogP contribution is -2.27. The molecular formula is C13H17NO5. The standard InChI is InChI=1S/C13H17NO5/c15-5-6-19-13(16)14-4-3-10-1-2-11-12(9-10)18-8-7-17-11/h1-2,9,15H,3-8H2,(H,14,16). The summed E-state index contributed by atoms with van der Waals surface area (Å²) < 4.78 is 15.6. The van der Waals surface area contributed by atoms with Crippen LogP contribution in [0.4, 0.5) is 4.79 Å². The van der Waals surface area contributed by atoms with Crippen LogP contribution in [0.5, 0.6) is 11.5 Å². The van der Waals surface area contributed by atoms with Gasteiger partial charge in [0.1, 0.15) is 19.8 Å². The minimum absolute atomic E-state index is 0.00978. The van der Waals surface area contributed by atoms with Crippen molar-refractivity contribution in [3.8, 4) is 11.5 Å². The zero-order chi connectivity index (χ0) is 13.5. The van der Waals surface area contributed by atoms with Crippen molar-refractivity contribution in [2.45, 2.75) is 6.42 Å². The first-order valence-corrected chi connectivity index (χ1v) is 6.19. The molecule has 1 aliphatic rings. The highest BCUT2D eigenvalue weighted by Crippen LogP contribution is 2.30. The summed E-state index contributed by atoms with van der Waals surface area (Å²) in [5, 5.41) is 11.1. The van der Waals surface area contributed by atoms with E-state index in [1.165, 1.54) is 0 Å². The number of ether oxygens (including phenoxy) is 3. The van der Waals surface area contributed by atoms with Crippen LogP contribution >= 0.6 is 0 Å². The SMILES string of the molecule is O=C(NCCc1ccc2c(c1)OCCO2)OCCO. The number of hydrogen-bond donors (Lipinski definition) is 2. The molecule has 0 saturated heterocycles. The van der Waals surface area contributed by atoms with Gasteiger partial charge in [-0.05, 0) is 24.1 Å². The molecule has 0 fully saturated rings. The molecule has 2 rings (SSSR count). The van der Waals surface area contributed by atoms with E-state index in [9.17, 15) is 4.79 Å². The Morgan fingerprint density at radius 3 is 2.89 bits per heavy atom. The summed E-state index contributed by atoms with van der Waals surface area (Å²) in [6.07, 6.45) is 0.150. The van der Waals surface area contributed by atoms with Gasteiger partial charge in [0.25, 0.3) is 0 Å². The van der Waals surface area contributed by atoms with Crippen LogP contribution in [0.3, 0.4) is 0 Å². The third-order valence-corrected chi connectivity index (χ3v) is 2.61. The Kier molecular flexibility index (Phi) is 4.85. The Balaban J connectivity index is 1.78. The van der Waals surface area contributed by atoms with Gasteiger partial charge < -0.3 is 24.6 Å². The van der Waals surface area contributed by atoms with E-state index in [0.29, 0.717) is 26.2 Å². The fourth-order valence-corrected chi connectivity index (χ4v) is 1.74. The fraction of sp³-hybridized carbons (Fsp3) is 0.462. The summed E-state index contributed by atoms with van der Waals surface area (Å²) in [6, 6.07) is 5.72. The Hall–Kier alpha value is -1.95. The van der Waals surface area contributed by atoms with E-state index in [-0.39, 0.29) is 13.2 Å². The fourth-order valence-electron chi connectivity index (χ4n) is 1.74. The number of benzene rings is 1. The van der Waals surface area contributed by atoms with Crippen molar-refractivity contribution in [3.05, 3.63) is 23.8 Å². The van der Waals surface area contributed by atoms with Crippen LogP contribution < -0.4 is 14.8 Å². The maximum absolute atomic E-state index is 11.1. The number of carbonyl (C=O) groups excluding carboxylic acids is 1. The van der Waals surface area contributed by atoms with E-state index < -0.39 is 6.09 Å². The predicted molar refractivity (Wildman–Crippen MR) is 67.6 cm³/mol. The van der Waals surface area contributed by atoms with E-state index in [4.69, 9.17) is 14.6 Å². The van der Waals surface area contributed by atoms with Crippen molar-refractivity contribution in [3.63, 3.8) is 0 Å². The number of aliphatic hydroxyl groups excluding tert-OH is 1. The molecule has 0 saturated carbocycles. The average molecular weight is 267 g/mol. The molecule has 1 aliphatic heterocycles. The third kappa shape index (κ3) is 4.03. The number of alkyl carbamates (subject to hydrolysis) is 1. The Bertz CT molecular complexity index is 435. The number of fused-ring (bicyclic) bond motifs is 1. The summed E-state index contributed by atoms with van der Waals surface area (Å²) in [5.74, 6) is 1.50. The summed E-state index contributed by atoms with van der Waals surface area (Å²) in [5.41, 5.74) is 1.05. The number of aliphatic hydroxyl groups is 1.